The Kier molecular flexibility index (Phi) is 5.60. The third kappa shape index (κ3) is 4.78. The van der Waals surface area contributed by atoms with Crippen LogP contribution in [0, 0.1) is 0 Å². The normalized spacial score (nSPS) is 11.9. The largest absolute Gasteiger partial charge is 0.481 e. The van der Waals surface area contributed by atoms with Crippen LogP contribution in [-0.4, -0.2) is 28.8 Å². The van der Waals surface area contributed by atoms with E-state index in [4.69, 9.17) is 9.15 Å². The molecule has 1 aromatic heterocycles. The molecule has 0 spiro atoms. The first-order chi connectivity index (χ1) is 13.0. The maximum absolute atomic E-state index is 12.4. The molecule has 1 N–H and O–H groups in total. The number of carbonyl (C=O) groups excluding carboxylic acids is 1. The van der Waals surface area contributed by atoms with Crippen molar-refractivity contribution in [2.24, 2.45) is 0 Å². The Morgan fingerprint density at radius 1 is 1.11 bits per heavy atom. The molecule has 0 saturated carbocycles. The Morgan fingerprint density at radius 3 is 2.52 bits per heavy atom. The van der Waals surface area contributed by atoms with Crippen molar-refractivity contribution in [3.8, 4) is 23.0 Å². The van der Waals surface area contributed by atoms with E-state index in [-0.39, 0.29) is 11.4 Å². The predicted molar refractivity (Wildman–Crippen MR) is 91.5 cm³/mol. The highest BCUT2D eigenvalue weighted by molar-refractivity contribution is 5.95. The van der Waals surface area contributed by atoms with E-state index < -0.39 is 18.6 Å². The molecule has 2 aromatic carbocycles. The second-order valence-corrected chi connectivity index (χ2v) is 5.39. The van der Waals surface area contributed by atoms with Gasteiger partial charge in [0.05, 0.1) is 5.69 Å². The summed E-state index contributed by atoms with van der Waals surface area (Å²) in [4.78, 5) is 12.3. The second kappa shape index (κ2) is 8.26. The summed E-state index contributed by atoms with van der Waals surface area (Å²) in [7, 11) is 0. The van der Waals surface area contributed by atoms with Crippen molar-refractivity contribution in [2.45, 2.75) is 19.6 Å². The summed E-state index contributed by atoms with van der Waals surface area (Å²) in [5.74, 6) is 0.166. The van der Waals surface area contributed by atoms with Crippen molar-refractivity contribution in [1.29, 1.82) is 0 Å². The number of alkyl halides is 2. The van der Waals surface area contributed by atoms with E-state index in [0.29, 0.717) is 17.2 Å². The van der Waals surface area contributed by atoms with Gasteiger partial charge in [0.2, 0.25) is 12.3 Å². The molecule has 1 atom stereocenters. The van der Waals surface area contributed by atoms with Crippen LogP contribution in [0.2, 0.25) is 0 Å². The number of anilines is 1. The predicted octanol–water partition coefficient (Wildman–Crippen LogP) is 3.74. The van der Waals surface area contributed by atoms with Crippen molar-refractivity contribution in [2.75, 3.05) is 5.32 Å². The Bertz CT molecular complexity index is 886. The zero-order chi connectivity index (χ0) is 19.2. The Hall–Kier alpha value is -3.49. The number of nitrogens with zero attached hydrogens (tertiary/aromatic N) is 2. The van der Waals surface area contributed by atoms with Crippen molar-refractivity contribution in [1.82, 2.24) is 10.2 Å². The molecular weight excluding hydrogens is 360 g/mol. The molecule has 3 aromatic rings. The van der Waals surface area contributed by atoms with E-state index in [1.807, 2.05) is 0 Å². The molecule has 3 rings (SSSR count). The number of aromatic nitrogens is 2. The zero-order valence-electron chi connectivity index (χ0n) is 14.1. The van der Waals surface area contributed by atoms with E-state index in [1.54, 1.807) is 30.3 Å². The van der Waals surface area contributed by atoms with Gasteiger partial charge in [-0.25, -0.2) is 0 Å². The number of benzene rings is 2. The monoisotopic (exact) mass is 375 g/mol. The minimum atomic E-state index is -2.99. The van der Waals surface area contributed by atoms with E-state index in [2.05, 4.69) is 20.3 Å². The van der Waals surface area contributed by atoms with Gasteiger partial charge in [-0.3, -0.25) is 4.79 Å². The van der Waals surface area contributed by atoms with E-state index in [1.165, 1.54) is 31.5 Å². The fourth-order valence-corrected chi connectivity index (χ4v) is 2.24. The highest BCUT2D eigenvalue weighted by Crippen LogP contribution is 2.26. The smallest absolute Gasteiger partial charge is 0.387 e. The van der Waals surface area contributed by atoms with Crippen LogP contribution in [0.5, 0.6) is 11.5 Å². The molecule has 7 nitrogen and oxygen atoms in total. The van der Waals surface area contributed by atoms with Crippen LogP contribution in [0.1, 0.15) is 6.92 Å². The lowest BCUT2D eigenvalue weighted by molar-refractivity contribution is -0.122. The maximum atomic E-state index is 12.4. The number of ether oxygens (including phenoxy) is 2. The topological polar surface area (TPSA) is 86.5 Å². The number of hydrogen-bond donors (Lipinski definition) is 1. The van der Waals surface area contributed by atoms with Crippen molar-refractivity contribution >= 4 is 11.6 Å². The molecule has 9 heteroatoms. The average Bonchev–Trinajstić information content (AvgIpc) is 3.18. The maximum Gasteiger partial charge on any atom is 0.387 e. The summed E-state index contributed by atoms with van der Waals surface area (Å²) < 4.78 is 39.9. The lowest BCUT2D eigenvalue weighted by Gasteiger charge is -2.16. The van der Waals surface area contributed by atoms with Crippen molar-refractivity contribution < 1.29 is 27.5 Å². The first-order valence-corrected chi connectivity index (χ1v) is 7.91. The molecule has 0 bridgehead atoms. The minimum Gasteiger partial charge on any atom is -0.481 e. The van der Waals surface area contributed by atoms with Crippen LogP contribution in [0.25, 0.3) is 11.5 Å². The number of para-hydroxylation sites is 2. The molecule has 0 fully saturated rings. The molecule has 0 radical (unpaired) electrons. The Balaban J connectivity index is 1.63. The summed E-state index contributed by atoms with van der Waals surface area (Å²) in [6.45, 7) is -1.45. The Labute approximate surface area is 152 Å². The van der Waals surface area contributed by atoms with Gasteiger partial charge in [-0.15, -0.1) is 10.2 Å². The first-order valence-electron chi connectivity index (χ1n) is 7.91. The van der Waals surface area contributed by atoms with E-state index in [9.17, 15) is 13.6 Å². The molecule has 0 unspecified atom stereocenters. The molecule has 1 amide bonds. The molecular formula is C18H15F2N3O4. The first kappa shape index (κ1) is 18.3. The van der Waals surface area contributed by atoms with Crippen LogP contribution in [0.4, 0.5) is 14.5 Å². The third-order valence-electron chi connectivity index (χ3n) is 3.50. The van der Waals surface area contributed by atoms with Gasteiger partial charge >= 0.3 is 6.61 Å². The van der Waals surface area contributed by atoms with Gasteiger partial charge in [0.25, 0.3) is 5.91 Å². The Morgan fingerprint density at radius 2 is 1.85 bits per heavy atom. The highest BCUT2D eigenvalue weighted by Gasteiger charge is 2.18. The van der Waals surface area contributed by atoms with Gasteiger partial charge in [-0.2, -0.15) is 8.78 Å². The molecule has 1 heterocycles. The molecule has 27 heavy (non-hydrogen) atoms. The number of nitrogens with one attached hydrogen (secondary N) is 1. The molecule has 0 aliphatic carbocycles. The van der Waals surface area contributed by atoms with E-state index in [0.717, 1.165) is 0 Å². The fraction of sp³-hybridized carbons (Fsp3) is 0.167. The van der Waals surface area contributed by atoms with Gasteiger partial charge in [-0.05, 0) is 43.3 Å². The van der Waals surface area contributed by atoms with Gasteiger partial charge in [0, 0.05) is 5.56 Å². The van der Waals surface area contributed by atoms with Gasteiger partial charge in [-0.1, -0.05) is 12.1 Å². The van der Waals surface area contributed by atoms with Crippen molar-refractivity contribution in [3.63, 3.8) is 0 Å². The highest BCUT2D eigenvalue weighted by atomic mass is 19.3. The number of rotatable bonds is 7. The average molecular weight is 375 g/mol. The fourth-order valence-electron chi connectivity index (χ4n) is 2.24. The summed E-state index contributed by atoms with van der Waals surface area (Å²) in [5, 5.41) is 9.91. The van der Waals surface area contributed by atoms with Gasteiger partial charge in [0.15, 0.2) is 6.10 Å². The molecule has 0 saturated heterocycles. The van der Waals surface area contributed by atoms with Crippen molar-refractivity contribution in [3.05, 3.63) is 54.9 Å². The minimum absolute atomic E-state index is 0.128. The van der Waals surface area contributed by atoms with Gasteiger partial charge < -0.3 is 19.2 Å². The SMILES string of the molecule is C[C@@H](Oc1ccc(-c2nnco2)cc1)C(=O)Nc1ccccc1OC(F)F. The summed E-state index contributed by atoms with van der Waals surface area (Å²) in [5.41, 5.74) is 0.833. The quantitative estimate of drug-likeness (QED) is 0.677. The lowest BCUT2D eigenvalue weighted by atomic mass is 10.2. The zero-order valence-corrected chi connectivity index (χ0v) is 14.1. The third-order valence-corrected chi connectivity index (χ3v) is 3.50. The molecule has 0 aliphatic heterocycles. The van der Waals surface area contributed by atoms with Crippen LogP contribution >= 0.6 is 0 Å². The number of hydrogen-bond acceptors (Lipinski definition) is 6. The van der Waals surface area contributed by atoms with Crippen LogP contribution in [0.15, 0.2) is 59.3 Å². The molecule has 140 valence electrons. The standard InChI is InChI=1S/C18H15F2N3O4/c1-11(16(24)22-14-4-2-3-5-15(14)27-18(19)20)26-13-8-6-12(7-9-13)17-23-21-10-25-17/h2-11,18H,1H3,(H,22,24)/t11-/m1/s1. The summed E-state index contributed by atoms with van der Waals surface area (Å²) >= 11 is 0. The van der Waals surface area contributed by atoms with Gasteiger partial charge in [0.1, 0.15) is 11.5 Å². The van der Waals surface area contributed by atoms with Crippen LogP contribution < -0.4 is 14.8 Å². The van der Waals surface area contributed by atoms with E-state index >= 15 is 0 Å². The second-order valence-electron chi connectivity index (χ2n) is 5.39. The summed E-state index contributed by atoms with van der Waals surface area (Å²) in [6, 6.07) is 12.6. The molecule has 0 aliphatic rings. The van der Waals surface area contributed by atoms with Crippen LogP contribution in [-0.2, 0) is 4.79 Å². The number of carbonyl (C=O) groups is 1. The summed E-state index contributed by atoms with van der Waals surface area (Å²) in [6.07, 6.45) is 0.348. The van der Waals surface area contributed by atoms with Crippen LogP contribution in [0.3, 0.4) is 0 Å². The lowest BCUT2D eigenvalue weighted by Crippen LogP contribution is -2.30. The number of amides is 1. The number of halogens is 2.